The Bertz CT molecular complexity index is 680. The van der Waals surface area contributed by atoms with Crippen molar-refractivity contribution in [1.82, 2.24) is 14.9 Å². The topological polar surface area (TPSA) is 49.0 Å². The summed E-state index contributed by atoms with van der Waals surface area (Å²) in [5.41, 5.74) is 2.82. The third-order valence-corrected chi connectivity index (χ3v) is 5.32. The van der Waals surface area contributed by atoms with Crippen LogP contribution in [0.2, 0.25) is 0 Å². The van der Waals surface area contributed by atoms with Gasteiger partial charge in [-0.3, -0.25) is 4.79 Å². The summed E-state index contributed by atoms with van der Waals surface area (Å²) < 4.78 is 0. The van der Waals surface area contributed by atoms with Crippen molar-refractivity contribution < 1.29 is 4.79 Å². The highest BCUT2D eigenvalue weighted by molar-refractivity contribution is 5.78. The Balaban J connectivity index is 1.50. The molecule has 1 fully saturated rings. The number of nitrogens with one attached hydrogen (secondary N) is 1. The molecular formula is C19H23N3O. The van der Waals surface area contributed by atoms with Crippen LogP contribution in [-0.2, 0) is 11.2 Å². The summed E-state index contributed by atoms with van der Waals surface area (Å²) in [5.74, 6) is 1.59. The van der Waals surface area contributed by atoms with Gasteiger partial charge in [0.2, 0.25) is 5.91 Å². The van der Waals surface area contributed by atoms with Crippen LogP contribution in [-0.4, -0.2) is 27.3 Å². The molecule has 2 atom stereocenters. The standard InChI is InChI=1S/C19H23N3O/c23-18(22-12-4-9-17(22)19-20-10-11-21-19)13-15-7-3-6-14-5-1-2-8-16(14)15/h1-2,5,8,10-11,15,17H,3-4,6-7,9,12-13H2,(H,20,21)/t15-,17+/m0/s1. The molecule has 1 amide bonds. The van der Waals surface area contributed by atoms with Crippen molar-refractivity contribution in [2.75, 3.05) is 6.54 Å². The van der Waals surface area contributed by atoms with Crippen LogP contribution in [0.15, 0.2) is 36.7 Å². The van der Waals surface area contributed by atoms with E-state index in [9.17, 15) is 4.79 Å². The fraction of sp³-hybridized carbons (Fsp3) is 0.474. The average molecular weight is 309 g/mol. The van der Waals surface area contributed by atoms with Gasteiger partial charge in [-0.2, -0.15) is 0 Å². The van der Waals surface area contributed by atoms with Crippen molar-refractivity contribution in [2.24, 2.45) is 0 Å². The first kappa shape index (κ1) is 14.5. The van der Waals surface area contributed by atoms with E-state index in [2.05, 4.69) is 34.2 Å². The number of H-pyrrole nitrogens is 1. The van der Waals surface area contributed by atoms with Gasteiger partial charge in [-0.1, -0.05) is 24.3 Å². The minimum absolute atomic E-state index is 0.135. The number of amides is 1. The lowest BCUT2D eigenvalue weighted by Crippen LogP contribution is -2.32. The highest BCUT2D eigenvalue weighted by atomic mass is 16.2. The normalized spacial score (nSPS) is 23.7. The minimum atomic E-state index is 0.135. The highest BCUT2D eigenvalue weighted by Gasteiger charge is 2.33. The molecule has 0 saturated carbocycles. The van der Waals surface area contributed by atoms with Crippen molar-refractivity contribution in [3.8, 4) is 0 Å². The quantitative estimate of drug-likeness (QED) is 0.942. The second-order valence-corrected chi connectivity index (χ2v) is 6.71. The van der Waals surface area contributed by atoms with E-state index in [4.69, 9.17) is 0 Å². The second kappa shape index (κ2) is 6.19. The van der Waals surface area contributed by atoms with E-state index in [0.29, 0.717) is 12.3 Å². The Kier molecular flexibility index (Phi) is 3.90. The lowest BCUT2D eigenvalue weighted by atomic mass is 9.81. The number of rotatable bonds is 3. The van der Waals surface area contributed by atoms with Crippen molar-refractivity contribution >= 4 is 5.91 Å². The molecular weight excluding hydrogens is 286 g/mol. The summed E-state index contributed by atoms with van der Waals surface area (Å²) in [7, 11) is 0. The van der Waals surface area contributed by atoms with Gasteiger partial charge in [0, 0.05) is 25.4 Å². The van der Waals surface area contributed by atoms with Gasteiger partial charge in [0.15, 0.2) is 0 Å². The van der Waals surface area contributed by atoms with E-state index >= 15 is 0 Å². The predicted molar refractivity (Wildman–Crippen MR) is 89.0 cm³/mol. The predicted octanol–water partition coefficient (Wildman–Crippen LogP) is 3.58. The Labute approximate surface area is 136 Å². The largest absolute Gasteiger partial charge is 0.347 e. The van der Waals surface area contributed by atoms with E-state index in [1.807, 2.05) is 11.1 Å². The summed E-state index contributed by atoms with van der Waals surface area (Å²) >= 11 is 0. The number of likely N-dealkylation sites (tertiary alicyclic amines) is 1. The molecule has 1 saturated heterocycles. The maximum Gasteiger partial charge on any atom is 0.223 e. The molecule has 1 N–H and O–H groups in total. The monoisotopic (exact) mass is 309 g/mol. The highest BCUT2D eigenvalue weighted by Crippen LogP contribution is 2.36. The van der Waals surface area contributed by atoms with Crippen LogP contribution in [0.4, 0.5) is 0 Å². The Morgan fingerprint density at radius 2 is 2.17 bits per heavy atom. The molecule has 1 aromatic carbocycles. The minimum Gasteiger partial charge on any atom is -0.347 e. The van der Waals surface area contributed by atoms with Gasteiger partial charge in [-0.15, -0.1) is 0 Å². The van der Waals surface area contributed by atoms with Crippen molar-refractivity contribution in [3.63, 3.8) is 0 Å². The molecule has 4 nitrogen and oxygen atoms in total. The first-order chi connectivity index (χ1) is 11.3. The van der Waals surface area contributed by atoms with E-state index < -0.39 is 0 Å². The van der Waals surface area contributed by atoms with Crippen LogP contribution in [0, 0.1) is 0 Å². The Morgan fingerprint density at radius 1 is 1.26 bits per heavy atom. The molecule has 4 heteroatoms. The molecule has 4 rings (SSSR count). The number of aryl methyl sites for hydroxylation is 1. The number of carbonyl (C=O) groups is 1. The lowest BCUT2D eigenvalue weighted by molar-refractivity contribution is -0.132. The molecule has 2 heterocycles. The molecule has 120 valence electrons. The molecule has 0 radical (unpaired) electrons. The summed E-state index contributed by atoms with van der Waals surface area (Å²) in [6, 6.07) is 8.77. The first-order valence-corrected chi connectivity index (χ1v) is 8.69. The number of imidazole rings is 1. The van der Waals surface area contributed by atoms with Crippen molar-refractivity contribution in [3.05, 3.63) is 53.6 Å². The molecule has 23 heavy (non-hydrogen) atoms. The Hall–Kier alpha value is -2.10. The van der Waals surface area contributed by atoms with Crippen LogP contribution in [0.25, 0.3) is 0 Å². The average Bonchev–Trinajstić information content (AvgIpc) is 3.26. The van der Waals surface area contributed by atoms with Crippen molar-refractivity contribution in [2.45, 2.75) is 50.5 Å². The molecule has 2 aliphatic rings. The maximum atomic E-state index is 12.9. The zero-order chi connectivity index (χ0) is 15.6. The molecule has 0 spiro atoms. The third kappa shape index (κ3) is 2.78. The molecule has 1 aliphatic carbocycles. The molecule has 0 bridgehead atoms. The van der Waals surface area contributed by atoms with Gasteiger partial charge in [0.05, 0.1) is 6.04 Å². The number of benzene rings is 1. The zero-order valence-electron chi connectivity index (χ0n) is 13.4. The number of aromatic nitrogens is 2. The number of fused-ring (bicyclic) bond motifs is 1. The van der Waals surface area contributed by atoms with Gasteiger partial charge in [-0.05, 0) is 49.1 Å². The lowest BCUT2D eigenvalue weighted by Gasteiger charge is -2.29. The second-order valence-electron chi connectivity index (χ2n) is 6.71. The van der Waals surface area contributed by atoms with Crippen molar-refractivity contribution in [1.29, 1.82) is 0 Å². The van der Waals surface area contributed by atoms with Crippen LogP contribution in [0.5, 0.6) is 0 Å². The van der Waals surface area contributed by atoms with E-state index in [1.54, 1.807) is 6.20 Å². The SMILES string of the molecule is O=C(C[C@@H]1CCCc2ccccc21)N1CCC[C@@H]1c1ncc[nH]1. The smallest absolute Gasteiger partial charge is 0.223 e. The van der Waals surface area contributed by atoms with E-state index in [-0.39, 0.29) is 11.9 Å². The van der Waals surface area contributed by atoms with Gasteiger partial charge in [0.25, 0.3) is 0 Å². The van der Waals surface area contributed by atoms with Crippen LogP contribution in [0.3, 0.4) is 0 Å². The Morgan fingerprint density at radius 3 is 3.04 bits per heavy atom. The van der Waals surface area contributed by atoms with Gasteiger partial charge >= 0.3 is 0 Å². The molecule has 0 unspecified atom stereocenters. The van der Waals surface area contributed by atoms with E-state index in [1.165, 1.54) is 17.5 Å². The number of hydrogen-bond donors (Lipinski definition) is 1. The van der Waals surface area contributed by atoms with Crippen LogP contribution >= 0.6 is 0 Å². The maximum absolute atomic E-state index is 12.9. The van der Waals surface area contributed by atoms with Gasteiger partial charge in [-0.25, -0.2) is 4.98 Å². The third-order valence-electron chi connectivity index (χ3n) is 5.32. The summed E-state index contributed by atoms with van der Waals surface area (Å²) in [6.07, 6.45) is 9.80. The van der Waals surface area contributed by atoms with Crippen LogP contribution in [0.1, 0.15) is 61.0 Å². The zero-order valence-corrected chi connectivity index (χ0v) is 13.4. The summed E-state index contributed by atoms with van der Waals surface area (Å²) in [5, 5.41) is 0. The van der Waals surface area contributed by atoms with Gasteiger partial charge in [0.1, 0.15) is 5.82 Å². The van der Waals surface area contributed by atoms with Gasteiger partial charge < -0.3 is 9.88 Å². The number of aromatic amines is 1. The molecule has 1 aromatic heterocycles. The fourth-order valence-corrected chi connectivity index (χ4v) is 4.20. The van der Waals surface area contributed by atoms with E-state index in [0.717, 1.165) is 38.1 Å². The summed E-state index contributed by atoms with van der Waals surface area (Å²) in [6.45, 7) is 0.860. The molecule has 2 aromatic rings. The number of nitrogens with zero attached hydrogens (tertiary/aromatic N) is 2. The first-order valence-electron chi connectivity index (χ1n) is 8.69. The fourth-order valence-electron chi connectivity index (χ4n) is 4.20. The van der Waals surface area contributed by atoms with Crippen LogP contribution < -0.4 is 0 Å². The number of carbonyl (C=O) groups excluding carboxylic acids is 1. The summed E-state index contributed by atoms with van der Waals surface area (Å²) in [4.78, 5) is 22.5. The molecule has 1 aliphatic heterocycles. The number of hydrogen-bond acceptors (Lipinski definition) is 2.